The Hall–Kier alpha value is -1.10. The number of rotatable bonds is 2. The van der Waals surface area contributed by atoms with Gasteiger partial charge in [-0.2, -0.15) is 39.2 Å². The first kappa shape index (κ1) is 17.3. The van der Waals surface area contributed by atoms with Crippen LogP contribution in [-0.4, -0.2) is 18.2 Å². The molecule has 0 spiro atoms. The predicted molar refractivity (Wildman–Crippen MR) is 38.2 cm³/mol. The van der Waals surface area contributed by atoms with Gasteiger partial charge >= 0.3 is 21.5 Å². The zero-order valence-electron chi connectivity index (χ0n) is 7.02. The van der Waals surface area contributed by atoms with Crippen LogP contribution in [0, 0.1) is 0 Å². The summed E-state index contributed by atoms with van der Waals surface area (Å²) in [4.78, 5) is 0. The molecule has 0 aromatic heterocycles. The highest BCUT2D eigenvalue weighted by Crippen LogP contribution is 2.33. The predicted octanol–water partition coefficient (Wildman–Crippen LogP) is 2.94. The minimum absolute atomic E-state index is 1.83. The highest BCUT2D eigenvalue weighted by Gasteiger charge is 2.51. The van der Waals surface area contributed by atoms with Gasteiger partial charge < -0.3 is 0 Å². The molecule has 11 heteroatoms. The minimum atomic E-state index is -6.19. The fourth-order valence-corrected chi connectivity index (χ4v) is 0.527. The van der Waals surface area contributed by atoms with Crippen LogP contribution < -0.4 is 0 Å². The molecule has 0 radical (unpaired) electrons. The molecule has 0 heterocycles. The molecule has 0 aromatic carbocycles. The van der Waals surface area contributed by atoms with Crippen LogP contribution in [0.15, 0.2) is 24.6 Å². The summed E-state index contributed by atoms with van der Waals surface area (Å²) in [5, 5.41) is -5.59. The lowest BCUT2D eigenvalue weighted by atomic mass is 10.6. The fourth-order valence-electron chi connectivity index (χ4n) is 0.223. The highest BCUT2D eigenvalue weighted by atomic mass is 32.2. The second-order valence-electron chi connectivity index (χ2n) is 1.90. The van der Waals surface area contributed by atoms with E-state index in [1.807, 2.05) is 0 Å². The van der Waals surface area contributed by atoms with Crippen molar-refractivity contribution in [3.63, 3.8) is 0 Å². The summed E-state index contributed by atoms with van der Waals surface area (Å²) < 4.78 is 105. The summed E-state index contributed by atoms with van der Waals surface area (Å²) in [6, 6.07) is 0. The molecule has 0 amide bonds. The van der Waals surface area contributed by atoms with Crippen LogP contribution in [0.5, 0.6) is 0 Å². The molecule has 0 fully saturated rings. The van der Waals surface area contributed by atoms with Crippen LogP contribution in [-0.2, 0) is 10.1 Å². The van der Waals surface area contributed by atoms with E-state index in [-0.39, 0.29) is 0 Å². The summed E-state index contributed by atoms with van der Waals surface area (Å²) in [5.74, 6) is -3.48. The topological polar surface area (TPSA) is 54.4 Å². The Labute approximate surface area is 84.6 Å². The molecule has 0 aliphatic rings. The van der Waals surface area contributed by atoms with Crippen molar-refractivity contribution in [3.8, 4) is 0 Å². The van der Waals surface area contributed by atoms with Crippen LogP contribution in [0.3, 0.4) is 0 Å². The lowest BCUT2D eigenvalue weighted by molar-refractivity contribution is 0.0843. The summed E-state index contributed by atoms with van der Waals surface area (Å²) in [7, 11) is -6.19. The van der Waals surface area contributed by atoms with Gasteiger partial charge in [-0.15, -0.1) is 0 Å². The number of alkyl halides is 2. The van der Waals surface area contributed by atoms with Crippen molar-refractivity contribution in [2.75, 3.05) is 0 Å². The summed E-state index contributed by atoms with van der Waals surface area (Å²) in [6.45, 7) is 2.22. The third-order valence-corrected chi connectivity index (χ3v) is 1.57. The van der Waals surface area contributed by atoms with E-state index < -0.39 is 33.4 Å². The first-order valence-corrected chi connectivity index (χ1v) is 4.34. The standard InChI is InChI=1S/C3HF5O3S.C2H2F2/c4-1(2(5)6)3(7,8)12(9,10)11;1-2(3)4/h(H,9,10,11);1H2. The maximum atomic E-state index is 11.8. The van der Waals surface area contributed by atoms with Crippen molar-refractivity contribution in [2.24, 2.45) is 0 Å². The molecule has 0 atom stereocenters. The molecule has 0 bridgehead atoms. The lowest BCUT2D eigenvalue weighted by Crippen LogP contribution is -2.29. The van der Waals surface area contributed by atoms with E-state index in [2.05, 4.69) is 6.58 Å². The molecule has 0 aliphatic heterocycles. The summed E-state index contributed by atoms with van der Waals surface area (Å²) in [5.41, 5.74) is 0. The summed E-state index contributed by atoms with van der Waals surface area (Å²) >= 11 is 0. The third kappa shape index (κ3) is 5.70. The van der Waals surface area contributed by atoms with Crippen LogP contribution in [0.4, 0.5) is 30.7 Å². The first-order valence-electron chi connectivity index (χ1n) is 2.90. The monoisotopic (exact) mass is 276 g/mol. The Morgan fingerprint density at radius 2 is 1.31 bits per heavy atom. The van der Waals surface area contributed by atoms with Gasteiger partial charge in [0.1, 0.15) is 0 Å². The Balaban J connectivity index is 0. The maximum Gasteiger partial charge on any atom is 0.425 e. The van der Waals surface area contributed by atoms with Crippen LogP contribution in [0.2, 0.25) is 0 Å². The Bertz CT molecular complexity index is 377. The minimum Gasteiger partial charge on any atom is -0.281 e. The molecule has 0 aromatic rings. The Kier molecular flexibility index (Phi) is 6.32. The number of halogens is 7. The van der Waals surface area contributed by atoms with Crippen molar-refractivity contribution in [1.82, 2.24) is 0 Å². The third-order valence-electron chi connectivity index (χ3n) is 0.745. The lowest BCUT2D eigenvalue weighted by Gasteiger charge is -2.08. The second-order valence-corrected chi connectivity index (χ2v) is 3.37. The van der Waals surface area contributed by atoms with Gasteiger partial charge in [-0.25, -0.2) is 0 Å². The number of hydrogen-bond acceptors (Lipinski definition) is 2. The van der Waals surface area contributed by atoms with Crippen LogP contribution in [0.1, 0.15) is 0 Å². The average Bonchev–Trinajstić information content (AvgIpc) is 1.99. The smallest absolute Gasteiger partial charge is 0.281 e. The van der Waals surface area contributed by atoms with Crippen molar-refractivity contribution < 1.29 is 43.7 Å². The van der Waals surface area contributed by atoms with E-state index in [1.165, 1.54) is 0 Å². The first-order chi connectivity index (χ1) is 6.84. The molecule has 1 N–H and O–H groups in total. The highest BCUT2D eigenvalue weighted by molar-refractivity contribution is 7.87. The van der Waals surface area contributed by atoms with E-state index in [9.17, 15) is 39.2 Å². The van der Waals surface area contributed by atoms with Gasteiger partial charge in [-0.1, -0.05) is 0 Å². The van der Waals surface area contributed by atoms with Gasteiger partial charge in [0.25, 0.3) is 11.9 Å². The van der Waals surface area contributed by atoms with Gasteiger partial charge in [-0.05, 0) is 6.58 Å². The van der Waals surface area contributed by atoms with Gasteiger partial charge in [0.05, 0.1) is 0 Å². The van der Waals surface area contributed by atoms with E-state index in [0.717, 1.165) is 0 Å². The van der Waals surface area contributed by atoms with Crippen molar-refractivity contribution in [2.45, 2.75) is 5.25 Å². The van der Waals surface area contributed by atoms with E-state index in [4.69, 9.17) is 4.55 Å². The van der Waals surface area contributed by atoms with Crippen molar-refractivity contribution in [3.05, 3.63) is 24.6 Å². The van der Waals surface area contributed by atoms with Gasteiger partial charge in [-0.3, -0.25) is 4.55 Å². The molecular weight excluding hydrogens is 273 g/mol. The molecule has 0 saturated carbocycles. The molecule has 0 aliphatic carbocycles. The van der Waals surface area contributed by atoms with E-state index in [0.29, 0.717) is 0 Å². The molecule has 0 rings (SSSR count). The SMILES string of the molecule is C=C(F)F.O=S(=O)(O)C(F)(F)C(F)=C(F)F. The normalized spacial score (nSPS) is 11.2. The quantitative estimate of drug-likeness (QED) is 0.623. The van der Waals surface area contributed by atoms with Crippen molar-refractivity contribution in [1.29, 1.82) is 0 Å². The zero-order valence-corrected chi connectivity index (χ0v) is 7.84. The molecule has 3 nitrogen and oxygen atoms in total. The van der Waals surface area contributed by atoms with Gasteiger partial charge in [0.15, 0.2) is 0 Å². The maximum absolute atomic E-state index is 11.8. The van der Waals surface area contributed by atoms with Crippen LogP contribution >= 0.6 is 0 Å². The molecule has 16 heavy (non-hydrogen) atoms. The van der Waals surface area contributed by atoms with E-state index >= 15 is 0 Å². The molecule has 0 unspecified atom stereocenters. The average molecular weight is 276 g/mol. The van der Waals surface area contributed by atoms with Crippen molar-refractivity contribution >= 4 is 10.1 Å². The Morgan fingerprint density at radius 3 is 1.38 bits per heavy atom. The van der Waals surface area contributed by atoms with E-state index in [1.54, 1.807) is 0 Å². The summed E-state index contributed by atoms with van der Waals surface area (Å²) in [6.07, 6.45) is -5.34. The molecular formula is C5H3F7O3S. The molecule has 0 saturated heterocycles. The second kappa shape index (κ2) is 5.84. The molecule has 96 valence electrons. The van der Waals surface area contributed by atoms with Gasteiger partial charge in [0, 0.05) is 0 Å². The Morgan fingerprint density at radius 1 is 1.06 bits per heavy atom. The van der Waals surface area contributed by atoms with Gasteiger partial charge in [0.2, 0.25) is 0 Å². The van der Waals surface area contributed by atoms with Crippen LogP contribution in [0.25, 0.3) is 0 Å². The zero-order chi connectivity index (χ0) is 13.7. The largest absolute Gasteiger partial charge is 0.425 e. The fraction of sp³-hybridized carbons (Fsp3) is 0.200. The number of hydrogen-bond donors (Lipinski definition) is 1.